The van der Waals surface area contributed by atoms with Crippen LogP contribution < -0.4 is 5.32 Å². The number of carbonyl (C=O) groups excluding carboxylic acids is 3. The minimum atomic E-state index is -1.06. The zero-order valence-corrected chi connectivity index (χ0v) is 8.66. The molecular weight excluding hydrogens is 182 g/mol. The molecule has 0 aromatic carbocycles. The SMILES string of the molecule is CC[C@H](C)[C@H]1NC(=O)C(C(C)=O)C1=O. The molecule has 0 aromatic heterocycles. The van der Waals surface area contributed by atoms with Gasteiger partial charge in [0, 0.05) is 0 Å². The lowest BCUT2D eigenvalue weighted by molar-refractivity contribution is -0.135. The molecule has 0 aromatic rings. The third-order valence-corrected chi connectivity index (χ3v) is 2.77. The predicted molar refractivity (Wildman–Crippen MR) is 50.6 cm³/mol. The fraction of sp³-hybridized carbons (Fsp3) is 0.700. The van der Waals surface area contributed by atoms with Crippen LogP contribution in [-0.2, 0) is 14.4 Å². The van der Waals surface area contributed by atoms with E-state index in [4.69, 9.17) is 0 Å². The highest BCUT2D eigenvalue weighted by Crippen LogP contribution is 2.20. The summed E-state index contributed by atoms with van der Waals surface area (Å²) in [4.78, 5) is 34.0. The number of ketones is 2. The van der Waals surface area contributed by atoms with Crippen molar-refractivity contribution in [2.75, 3.05) is 0 Å². The number of amides is 1. The lowest BCUT2D eigenvalue weighted by Gasteiger charge is -2.15. The fourth-order valence-electron chi connectivity index (χ4n) is 1.66. The molecule has 1 rings (SSSR count). The summed E-state index contributed by atoms with van der Waals surface area (Å²) in [6.45, 7) is 5.12. The maximum absolute atomic E-state index is 11.7. The van der Waals surface area contributed by atoms with Gasteiger partial charge in [0.2, 0.25) is 5.91 Å². The van der Waals surface area contributed by atoms with E-state index in [0.717, 1.165) is 6.42 Å². The zero-order chi connectivity index (χ0) is 10.9. The average molecular weight is 197 g/mol. The topological polar surface area (TPSA) is 63.2 Å². The molecule has 1 aliphatic rings. The fourth-order valence-corrected chi connectivity index (χ4v) is 1.66. The highest BCUT2D eigenvalue weighted by Gasteiger charge is 2.45. The minimum absolute atomic E-state index is 0.0933. The number of nitrogens with one attached hydrogen (secondary N) is 1. The van der Waals surface area contributed by atoms with Crippen LogP contribution in [0.2, 0.25) is 0 Å². The van der Waals surface area contributed by atoms with Gasteiger partial charge in [-0.05, 0) is 12.8 Å². The first-order valence-electron chi connectivity index (χ1n) is 4.83. The van der Waals surface area contributed by atoms with Crippen molar-refractivity contribution in [3.63, 3.8) is 0 Å². The van der Waals surface area contributed by atoms with Crippen molar-refractivity contribution >= 4 is 17.5 Å². The molecule has 1 aliphatic heterocycles. The first-order chi connectivity index (χ1) is 6.49. The second kappa shape index (κ2) is 3.90. The molecule has 0 bridgehead atoms. The molecule has 1 heterocycles. The van der Waals surface area contributed by atoms with E-state index in [1.165, 1.54) is 6.92 Å². The smallest absolute Gasteiger partial charge is 0.238 e. The summed E-state index contributed by atoms with van der Waals surface area (Å²) < 4.78 is 0. The normalized spacial score (nSPS) is 28.8. The van der Waals surface area contributed by atoms with Gasteiger partial charge < -0.3 is 5.32 Å². The Hall–Kier alpha value is -1.19. The number of Topliss-reactive ketones (excluding diaryl/α,β-unsaturated/α-hetero) is 2. The van der Waals surface area contributed by atoms with E-state index >= 15 is 0 Å². The molecule has 1 amide bonds. The average Bonchev–Trinajstić information content (AvgIpc) is 2.40. The number of carbonyl (C=O) groups is 3. The summed E-state index contributed by atoms with van der Waals surface area (Å²) in [6.07, 6.45) is 0.807. The first-order valence-corrected chi connectivity index (χ1v) is 4.83. The van der Waals surface area contributed by atoms with Crippen LogP contribution in [0.25, 0.3) is 0 Å². The molecule has 1 saturated heterocycles. The zero-order valence-electron chi connectivity index (χ0n) is 8.66. The Morgan fingerprint density at radius 2 is 2.07 bits per heavy atom. The molecule has 14 heavy (non-hydrogen) atoms. The quantitative estimate of drug-likeness (QED) is 0.662. The van der Waals surface area contributed by atoms with Crippen molar-refractivity contribution in [3.05, 3.63) is 0 Å². The van der Waals surface area contributed by atoms with Crippen LogP contribution in [0.5, 0.6) is 0 Å². The van der Waals surface area contributed by atoms with Gasteiger partial charge in [-0.3, -0.25) is 14.4 Å². The van der Waals surface area contributed by atoms with Crippen molar-refractivity contribution in [2.24, 2.45) is 11.8 Å². The summed E-state index contributed by atoms with van der Waals surface area (Å²) in [6, 6.07) is -0.471. The maximum atomic E-state index is 11.7. The van der Waals surface area contributed by atoms with E-state index in [2.05, 4.69) is 5.32 Å². The largest absolute Gasteiger partial charge is 0.345 e. The summed E-state index contributed by atoms with van der Waals surface area (Å²) in [7, 11) is 0. The highest BCUT2D eigenvalue weighted by molar-refractivity contribution is 6.23. The van der Waals surface area contributed by atoms with E-state index in [9.17, 15) is 14.4 Å². The monoisotopic (exact) mass is 197 g/mol. The van der Waals surface area contributed by atoms with Gasteiger partial charge in [-0.1, -0.05) is 20.3 Å². The molecule has 0 aliphatic carbocycles. The molecule has 1 unspecified atom stereocenters. The molecule has 4 heteroatoms. The van der Waals surface area contributed by atoms with Crippen LogP contribution in [0.1, 0.15) is 27.2 Å². The van der Waals surface area contributed by atoms with Gasteiger partial charge in [0.15, 0.2) is 11.7 Å². The Morgan fingerprint density at radius 1 is 1.50 bits per heavy atom. The Balaban J connectivity index is 2.84. The lowest BCUT2D eigenvalue weighted by Crippen LogP contribution is -2.35. The van der Waals surface area contributed by atoms with Crippen molar-refractivity contribution in [2.45, 2.75) is 33.2 Å². The highest BCUT2D eigenvalue weighted by atomic mass is 16.2. The van der Waals surface area contributed by atoms with Crippen molar-refractivity contribution in [1.29, 1.82) is 0 Å². The second-order valence-corrected chi connectivity index (χ2v) is 3.82. The molecule has 1 fully saturated rings. The standard InChI is InChI=1S/C10H15NO3/c1-4-5(2)8-9(13)7(6(3)12)10(14)11-8/h5,7-8H,4H2,1-3H3,(H,11,14)/t5-,7?,8+/m0/s1. The van der Waals surface area contributed by atoms with Gasteiger partial charge in [-0.2, -0.15) is 0 Å². The van der Waals surface area contributed by atoms with E-state index in [1.807, 2.05) is 13.8 Å². The summed E-state index contributed by atoms with van der Waals surface area (Å²) in [5, 5.41) is 2.58. The molecular formula is C10H15NO3. The van der Waals surface area contributed by atoms with Crippen LogP contribution in [-0.4, -0.2) is 23.5 Å². The minimum Gasteiger partial charge on any atom is -0.345 e. The van der Waals surface area contributed by atoms with Gasteiger partial charge in [-0.15, -0.1) is 0 Å². The van der Waals surface area contributed by atoms with Crippen LogP contribution in [0, 0.1) is 11.8 Å². The van der Waals surface area contributed by atoms with Gasteiger partial charge >= 0.3 is 0 Å². The Kier molecular flexibility index (Phi) is 3.03. The molecule has 78 valence electrons. The van der Waals surface area contributed by atoms with Crippen LogP contribution >= 0.6 is 0 Å². The molecule has 4 nitrogen and oxygen atoms in total. The van der Waals surface area contributed by atoms with E-state index in [0.29, 0.717) is 0 Å². The van der Waals surface area contributed by atoms with Crippen LogP contribution in [0.4, 0.5) is 0 Å². The van der Waals surface area contributed by atoms with Crippen molar-refractivity contribution in [1.82, 2.24) is 5.32 Å². The summed E-state index contributed by atoms with van der Waals surface area (Å²) >= 11 is 0. The second-order valence-electron chi connectivity index (χ2n) is 3.82. The molecule has 3 atom stereocenters. The summed E-state index contributed by atoms with van der Waals surface area (Å²) in [5.74, 6) is -2.03. The van der Waals surface area contributed by atoms with Crippen molar-refractivity contribution in [3.8, 4) is 0 Å². The predicted octanol–water partition coefficient (Wildman–Crippen LogP) is 0.305. The van der Waals surface area contributed by atoms with Crippen LogP contribution in [0.3, 0.4) is 0 Å². The first kappa shape index (κ1) is 10.9. The van der Waals surface area contributed by atoms with Crippen molar-refractivity contribution < 1.29 is 14.4 Å². The number of rotatable bonds is 3. The number of hydrogen-bond acceptors (Lipinski definition) is 3. The van der Waals surface area contributed by atoms with Gasteiger partial charge in [-0.25, -0.2) is 0 Å². The van der Waals surface area contributed by atoms with Gasteiger partial charge in [0.05, 0.1) is 6.04 Å². The van der Waals surface area contributed by atoms with Gasteiger partial charge in [0.1, 0.15) is 5.78 Å². The maximum Gasteiger partial charge on any atom is 0.238 e. The Morgan fingerprint density at radius 3 is 2.43 bits per heavy atom. The Labute approximate surface area is 83.1 Å². The molecule has 0 saturated carbocycles. The Bertz CT molecular complexity index is 285. The van der Waals surface area contributed by atoms with E-state index in [-0.39, 0.29) is 17.5 Å². The molecule has 1 N–H and O–H groups in total. The summed E-state index contributed by atoms with van der Waals surface area (Å²) in [5.41, 5.74) is 0. The van der Waals surface area contributed by atoms with E-state index < -0.39 is 17.9 Å². The third kappa shape index (κ3) is 1.69. The third-order valence-electron chi connectivity index (χ3n) is 2.77. The van der Waals surface area contributed by atoms with Gasteiger partial charge in [0.25, 0.3) is 0 Å². The molecule has 0 radical (unpaired) electrons. The van der Waals surface area contributed by atoms with Crippen LogP contribution in [0.15, 0.2) is 0 Å². The molecule has 0 spiro atoms. The number of hydrogen-bond donors (Lipinski definition) is 1. The lowest BCUT2D eigenvalue weighted by atomic mass is 9.91. The van der Waals surface area contributed by atoms with E-state index in [1.54, 1.807) is 0 Å².